The van der Waals surface area contributed by atoms with Gasteiger partial charge in [0, 0.05) is 4.11 Å². The molecule has 0 spiro atoms. The summed E-state index contributed by atoms with van der Waals surface area (Å²) in [5, 5.41) is 0. The average molecular weight is 93.1 g/mol. The van der Waals surface area contributed by atoms with Crippen LogP contribution in [-0.4, -0.2) is 12.6 Å². The zero-order chi connectivity index (χ0) is 7.91. The lowest BCUT2D eigenvalue weighted by Crippen LogP contribution is -1.36. The minimum absolute atomic E-state index is 0.0625. The molecule has 0 radical (unpaired) electrons. The van der Waals surface area contributed by atoms with Crippen molar-refractivity contribution >= 4 is 12.6 Å². The standard InChI is InChI=1S/2C2H4O/c2*1-2-3/h2*2H,1H3/i1+1,2+1;1D3. The second kappa shape index (κ2) is 27.0. The summed E-state index contributed by atoms with van der Waals surface area (Å²) in [4.78, 5) is 18.1. The van der Waals surface area contributed by atoms with Gasteiger partial charge in [0.15, 0.2) is 0 Å². The molecule has 0 bridgehead atoms. The molecule has 0 aliphatic heterocycles. The Morgan fingerprint density at radius 3 is 1.67 bits per heavy atom. The molecule has 2 heteroatoms. The fraction of sp³-hybridized carbons (Fsp3) is 0.500. The maximum absolute atomic E-state index is 9.26. The van der Waals surface area contributed by atoms with Crippen LogP contribution in [0.25, 0.3) is 0 Å². The molecule has 0 amide bonds. The summed E-state index contributed by atoms with van der Waals surface area (Å²) < 4.78 is 18.4. The van der Waals surface area contributed by atoms with Crippen LogP contribution in [0.1, 0.15) is 17.9 Å². The van der Waals surface area contributed by atoms with Gasteiger partial charge in [-0.15, -0.1) is 0 Å². The Labute approximate surface area is 41.4 Å². The zero-order valence-corrected chi connectivity index (χ0v) is 3.47. The molecule has 0 saturated heterocycles. The van der Waals surface area contributed by atoms with E-state index in [1.807, 2.05) is 0 Å². The molecule has 0 heterocycles. The molecule has 0 rings (SSSR count). The summed E-state index contributed by atoms with van der Waals surface area (Å²) in [7, 11) is 0. The van der Waals surface area contributed by atoms with E-state index in [9.17, 15) is 4.79 Å². The van der Waals surface area contributed by atoms with Gasteiger partial charge in [0.1, 0.15) is 12.6 Å². The van der Waals surface area contributed by atoms with Crippen LogP contribution in [-0.2, 0) is 9.59 Å². The quantitative estimate of drug-likeness (QED) is 0.321. The van der Waals surface area contributed by atoms with E-state index in [2.05, 4.69) is 0 Å². The molecule has 0 aliphatic carbocycles. The van der Waals surface area contributed by atoms with E-state index in [-0.39, 0.29) is 6.29 Å². The smallest absolute Gasteiger partial charge is 0.116 e. The summed E-state index contributed by atoms with van der Waals surface area (Å²) in [6.07, 6.45) is 0.688. The second-order valence-electron chi connectivity index (χ2n) is 0.354. The number of hydrogen-bond donors (Lipinski definition) is 0. The highest BCUT2D eigenvalue weighted by molar-refractivity contribution is 5.44. The van der Waals surface area contributed by atoms with Crippen molar-refractivity contribution in [1.29, 1.82) is 0 Å². The molecular formula is C4H8O2. The van der Waals surface area contributed by atoms with Crippen molar-refractivity contribution in [2.45, 2.75) is 13.8 Å². The summed E-state index contributed by atoms with van der Waals surface area (Å²) in [5.74, 6) is 0. The first-order valence-electron chi connectivity index (χ1n) is 2.84. The highest BCUT2D eigenvalue weighted by atomic mass is 16.2. The predicted octanol–water partition coefficient (Wildman–Crippen LogP) is 0.410. The first-order chi connectivity index (χ1) is 3.97. The molecule has 0 aromatic heterocycles. The van der Waals surface area contributed by atoms with Crippen molar-refractivity contribution in [3.05, 3.63) is 0 Å². The zero-order valence-electron chi connectivity index (χ0n) is 6.47. The third kappa shape index (κ3) is 42.0. The van der Waals surface area contributed by atoms with Crippen molar-refractivity contribution in [2.75, 3.05) is 0 Å². The van der Waals surface area contributed by atoms with Crippen LogP contribution in [0.2, 0.25) is 0 Å². The Bertz CT molecular complexity index is 86.3. The largest absolute Gasteiger partial charge is 0.304 e. The average Bonchev–Trinajstić information content (AvgIpc) is 1.67. The van der Waals surface area contributed by atoms with Crippen LogP contribution in [0.3, 0.4) is 0 Å². The Kier molecular flexibility index (Phi) is 11.2. The van der Waals surface area contributed by atoms with Gasteiger partial charge in [-0.25, -0.2) is 0 Å². The molecule has 0 aromatic rings. The van der Waals surface area contributed by atoms with Crippen LogP contribution in [0.5, 0.6) is 0 Å². The van der Waals surface area contributed by atoms with Gasteiger partial charge in [0.2, 0.25) is 0 Å². The number of rotatable bonds is 0. The van der Waals surface area contributed by atoms with Gasteiger partial charge in [0.05, 0.1) is 0 Å². The topological polar surface area (TPSA) is 34.1 Å². The van der Waals surface area contributed by atoms with E-state index in [4.69, 9.17) is 8.91 Å². The normalized spacial score (nSPS) is 13.8. The molecule has 0 unspecified atom stereocenters. The third-order valence-electron chi connectivity index (χ3n) is 0. The van der Waals surface area contributed by atoms with Gasteiger partial charge in [-0.2, -0.15) is 0 Å². The second-order valence-corrected chi connectivity index (χ2v) is 0.354. The lowest BCUT2D eigenvalue weighted by Gasteiger charge is -1.24. The fourth-order valence-corrected chi connectivity index (χ4v) is 0. The maximum atomic E-state index is 9.26. The predicted molar refractivity (Wildman–Crippen MR) is 23.5 cm³/mol. The van der Waals surface area contributed by atoms with Crippen LogP contribution in [0, 0.1) is 0 Å². The number of hydrogen-bond acceptors (Lipinski definition) is 2. The molecule has 0 aliphatic rings. The van der Waals surface area contributed by atoms with Crippen LogP contribution >= 0.6 is 0 Å². The van der Waals surface area contributed by atoms with Gasteiger partial charge < -0.3 is 9.59 Å². The Morgan fingerprint density at radius 1 is 1.50 bits per heavy atom. The molecule has 6 heavy (non-hydrogen) atoms. The van der Waals surface area contributed by atoms with Gasteiger partial charge in [-0.1, -0.05) is 0 Å². The van der Waals surface area contributed by atoms with E-state index in [0.29, 0.717) is 0 Å². The molecule has 0 atom stereocenters. The molecule has 0 N–H and O–H groups in total. The summed E-state index contributed by atoms with van der Waals surface area (Å²) >= 11 is 0. The first-order valence-corrected chi connectivity index (χ1v) is 1.34. The Hall–Kier alpha value is -0.660. The maximum Gasteiger partial charge on any atom is 0.116 e. The van der Waals surface area contributed by atoms with Gasteiger partial charge in [0.25, 0.3) is 0 Å². The highest BCUT2D eigenvalue weighted by Gasteiger charge is 1.24. The van der Waals surface area contributed by atoms with E-state index in [1.54, 1.807) is 0 Å². The lowest BCUT2D eigenvalue weighted by atomic mass is 11.0. The number of aldehydes is 2. The van der Waals surface area contributed by atoms with E-state index in [0.717, 1.165) is 6.29 Å². The van der Waals surface area contributed by atoms with Crippen LogP contribution < -0.4 is 0 Å². The molecule has 0 saturated carbocycles. The molecule has 2 nitrogen and oxygen atoms in total. The summed E-state index contributed by atoms with van der Waals surface area (Å²) in [6.45, 7) is -0.944. The van der Waals surface area contributed by atoms with Crippen molar-refractivity contribution in [2.24, 2.45) is 0 Å². The van der Waals surface area contributed by atoms with E-state index in [1.165, 1.54) is 6.92 Å². The highest BCUT2D eigenvalue weighted by Crippen LogP contribution is 1.13. The molecule has 36 valence electrons. The van der Waals surface area contributed by atoms with Gasteiger partial charge in [-0.05, 0) is 13.8 Å². The number of carbonyl (C=O) groups is 2. The lowest BCUT2D eigenvalue weighted by molar-refractivity contribution is -0.106. The summed E-state index contributed by atoms with van der Waals surface area (Å²) in [5.41, 5.74) is 0. The minimum atomic E-state index is -2.39. The molecular weight excluding hydrogens is 82.0 g/mol. The Balaban J connectivity index is 0. The minimum Gasteiger partial charge on any atom is -0.304 e. The van der Waals surface area contributed by atoms with Crippen molar-refractivity contribution in [3.63, 3.8) is 0 Å². The van der Waals surface area contributed by atoms with Crippen molar-refractivity contribution in [3.8, 4) is 0 Å². The molecule has 0 aromatic carbocycles. The number of carbonyl (C=O) groups excluding carboxylic acids is 2. The first kappa shape index (κ1) is 2.50. The fourth-order valence-electron chi connectivity index (χ4n) is 0. The van der Waals surface area contributed by atoms with Crippen molar-refractivity contribution in [1.82, 2.24) is 0 Å². The van der Waals surface area contributed by atoms with Gasteiger partial charge in [-0.3, -0.25) is 0 Å². The SMILES string of the molecule is [13CH3][13CH]=O.[2H]C([2H])([2H])C=O. The third-order valence-corrected chi connectivity index (χ3v) is 0. The van der Waals surface area contributed by atoms with E-state index < -0.39 is 6.85 Å². The van der Waals surface area contributed by atoms with Crippen LogP contribution in [0.4, 0.5) is 0 Å². The Morgan fingerprint density at radius 2 is 1.67 bits per heavy atom. The monoisotopic (exact) mass is 93.1 g/mol. The van der Waals surface area contributed by atoms with Gasteiger partial charge >= 0.3 is 0 Å². The van der Waals surface area contributed by atoms with Crippen LogP contribution in [0.15, 0.2) is 0 Å². The molecule has 0 fully saturated rings. The van der Waals surface area contributed by atoms with Crippen molar-refractivity contribution < 1.29 is 13.7 Å². The summed E-state index contributed by atoms with van der Waals surface area (Å²) in [6, 6.07) is 0. The van der Waals surface area contributed by atoms with E-state index >= 15 is 0 Å².